The molecule has 1 aliphatic carbocycles. The van der Waals surface area contributed by atoms with Crippen molar-refractivity contribution >= 4 is 21.7 Å². The Bertz CT molecular complexity index is 548. The van der Waals surface area contributed by atoms with Crippen molar-refractivity contribution in [3.05, 3.63) is 6.20 Å². The molecule has 1 saturated carbocycles. The fraction of sp³-hybridized carbons (Fsp3) is 0.556. The van der Waals surface area contributed by atoms with Gasteiger partial charge in [-0.15, -0.1) is 0 Å². The van der Waals surface area contributed by atoms with Gasteiger partial charge in [-0.25, -0.2) is 8.42 Å². The van der Waals surface area contributed by atoms with Crippen LogP contribution < -0.4 is 15.8 Å². The molecule has 5 N–H and O–H groups in total. The van der Waals surface area contributed by atoms with Gasteiger partial charge in [0, 0.05) is 6.04 Å². The van der Waals surface area contributed by atoms with E-state index in [1.807, 2.05) is 0 Å². The molecule has 0 aromatic carbocycles. The molecule has 1 unspecified atom stereocenters. The Hall–Kier alpha value is -1.61. The van der Waals surface area contributed by atoms with Gasteiger partial charge in [-0.2, -0.15) is 9.82 Å². The molecule has 100 valence electrons. The number of nitrogen functional groups attached to an aromatic ring is 1. The lowest BCUT2D eigenvalue weighted by molar-refractivity contribution is -0.122. The Morgan fingerprint density at radius 3 is 2.78 bits per heavy atom. The summed E-state index contributed by atoms with van der Waals surface area (Å²) >= 11 is 0. The van der Waals surface area contributed by atoms with Crippen LogP contribution in [0.25, 0.3) is 0 Å². The zero-order valence-corrected chi connectivity index (χ0v) is 10.6. The molecular weight excluding hydrogens is 258 g/mol. The molecule has 0 radical (unpaired) electrons. The van der Waals surface area contributed by atoms with Crippen LogP contribution in [0.4, 0.5) is 5.82 Å². The quantitative estimate of drug-likeness (QED) is 0.543. The number of carbonyl (C=O) groups is 1. The molecule has 1 amide bonds. The molecule has 1 fully saturated rings. The SMILES string of the molecule is CC(NS(=O)(=O)c1cn[nH]c1N)C(=O)NC1CC1. The maximum atomic E-state index is 11.9. The van der Waals surface area contributed by atoms with Crippen LogP contribution in [0.2, 0.25) is 0 Å². The minimum atomic E-state index is -3.84. The zero-order valence-electron chi connectivity index (χ0n) is 9.80. The van der Waals surface area contributed by atoms with Crippen LogP contribution in [0.3, 0.4) is 0 Å². The van der Waals surface area contributed by atoms with Crippen LogP contribution in [0.1, 0.15) is 19.8 Å². The largest absolute Gasteiger partial charge is 0.383 e. The molecule has 0 bridgehead atoms. The standard InChI is InChI=1S/C9H15N5O3S/c1-5(9(15)12-6-2-3-6)14-18(16,17)7-4-11-13-8(7)10/h4-6,14H,2-3H2,1H3,(H,12,15)(H3,10,11,13). The second-order valence-electron chi connectivity index (χ2n) is 4.27. The fourth-order valence-electron chi connectivity index (χ4n) is 1.40. The Morgan fingerprint density at radius 1 is 1.61 bits per heavy atom. The molecule has 2 rings (SSSR count). The summed E-state index contributed by atoms with van der Waals surface area (Å²) in [6.07, 6.45) is 2.99. The van der Waals surface area contributed by atoms with Crippen LogP contribution in [0.5, 0.6) is 0 Å². The highest BCUT2D eigenvalue weighted by Gasteiger charge is 2.29. The number of nitrogens with two attached hydrogens (primary N) is 1. The molecule has 18 heavy (non-hydrogen) atoms. The molecule has 9 heteroatoms. The highest BCUT2D eigenvalue weighted by atomic mass is 32.2. The lowest BCUT2D eigenvalue weighted by atomic mass is 10.3. The maximum absolute atomic E-state index is 11.9. The van der Waals surface area contributed by atoms with Crippen molar-refractivity contribution in [2.24, 2.45) is 0 Å². The van der Waals surface area contributed by atoms with Crippen molar-refractivity contribution in [2.75, 3.05) is 5.73 Å². The van der Waals surface area contributed by atoms with Crippen LogP contribution in [0, 0.1) is 0 Å². The molecule has 1 aliphatic rings. The summed E-state index contributed by atoms with van der Waals surface area (Å²) in [4.78, 5) is 11.5. The minimum Gasteiger partial charge on any atom is -0.383 e. The number of nitrogens with one attached hydrogen (secondary N) is 3. The summed E-state index contributed by atoms with van der Waals surface area (Å²) in [6.45, 7) is 1.48. The van der Waals surface area contributed by atoms with E-state index in [-0.39, 0.29) is 22.7 Å². The summed E-state index contributed by atoms with van der Waals surface area (Å²) in [5.74, 6) is -0.402. The van der Waals surface area contributed by atoms with Gasteiger partial charge in [0.1, 0.15) is 10.7 Å². The third-order valence-electron chi connectivity index (χ3n) is 2.57. The summed E-state index contributed by atoms with van der Waals surface area (Å²) in [5.41, 5.74) is 5.43. The Kier molecular flexibility index (Phi) is 3.26. The van der Waals surface area contributed by atoms with Crippen LogP contribution in [0.15, 0.2) is 11.1 Å². The number of H-pyrrole nitrogens is 1. The first-order chi connectivity index (χ1) is 8.40. The number of hydrogen-bond acceptors (Lipinski definition) is 5. The van der Waals surface area contributed by atoms with E-state index < -0.39 is 16.1 Å². The Labute approximate surface area is 104 Å². The van der Waals surface area contributed by atoms with Crippen LogP contribution in [-0.4, -0.2) is 36.6 Å². The van der Waals surface area contributed by atoms with E-state index in [4.69, 9.17) is 5.73 Å². The molecule has 1 atom stereocenters. The molecule has 0 aliphatic heterocycles. The number of amides is 1. The number of sulfonamides is 1. The summed E-state index contributed by atoms with van der Waals surface area (Å²) in [7, 11) is -3.84. The van der Waals surface area contributed by atoms with Crippen molar-refractivity contribution < 1.29 is 13.2 Å². The second-order valence-corrected chi connectivity index (χ2v) is 5.96. The van der Waals surface area contributed by atoms with Crippen molar-refractivity contribution in [2.45, 2.75) is 36.7 Å². The third-order valence-corrected chi connectivity index (χ3v) is 4.14. The molecule has 0 spiro atoms. The molecule has 8 nitrogen and oxygen atoms in total. The summed E-state index contributed by atoms with van der Waals surface area (Å²) in [5, 5.41) is 8.57. The van der Waals surface area contributed by atoms with E-state index >= 15 is 0 Å². The van der Waals surface area contributed by atoms with Crippen LogP contribution in [-0.2, 0) is 14.8 Å². The van der Waals surface area contributed by atoms with Gasteiger partial charge in [0.15, 0.2) is 0 Å². The summed E-state index contributed by atoms with van der Waals surface area (Å²) < 4.78 is 26.1. The lowest BCUT2D eigenvalue weighted by Gasteiger charge is -2.13. The molecular formula is C9H15N5O3S. The van der Waals surface area contributed by atoms with E-state index in [1.54, 1.807) is 0 Å². The van der Waals surface area contributed by atoms with Gasteiger partial charge in [-0.3, -0.25) is 9.89 Å². The predicted molar refractivity (Wildman–Crippen MR) is 63.9 cm³/mol. The monoisotopic (exact) mass is 273 g/mol. The number of rotatable bonds is 5. The highest BCUT2D eigenvalue weighted by Crippen LogP contribution is 2.19. The predicted octanol–water partition coefficient (Wildman–Crippen LogP) is -1.06. The number of anilines is 1. The molecule has 1 aromatic heterocycles. The van der Waals surface area contributed by atoms with Gasteiger partial charge in [0.05, 0.1) is 12.2 Å². The number of hydrogen-bond donors (Lipinski definition) is 4. The molecule has 1 aromatic rings. The van der Waals surface area contributed by atoms with Crippen molar-refractivity contribution in [3.8, 4) is 0 Å². The van der Waals surface area contributed by atoms with E-state index in [0.29, 0.717) is 0 Å². The Morgan fingerprint density at radius 2 is 2.28 bits per heavy atom. The van der Waals surface area contributed by atoms with E-state index in [9.17, 15) is 13.2 Å². The van der Waals surface area contributed by atoms with Crippen LogP contribution >= 0.6 is 0 Å². The van der Waals surface area contributed by atoms with Crippen molar-refractivity contribution in [1.82, 2.24) is 20.2 Å². The summed E-state index contributed by atoms with van der Waals surface area (Å²) in [6, 6.07) is -0.673. The van der Waals surface area contributed by atoms with Gasteiger partial charge in [0.25, 0.3) is 0 Å². The molecule has 0 saturated heterocycles. The number of carbonyl (C=O) groups excluding carboxylic acids is 1. The van der Waals surface area contributed by atoms with Crippen molar-refractivity contribution in [1.29, 1.82) is 0 Å². The normalized spacial score (nSPS) is 17.4. The molecule has 1 heterocycles. The van der Waals surface area contributed by atoms with Gasteiger partial charge >= 0.3 is 0 Å². The zero-order chi connectivity index (χ0) is 13.3. The minimum absolute atomic E-state index is 0.0581. The number of nitrogens with zero attached hydrogens (tertiary/aromatic N) is 1. The average molecular weight is 273 g/mol. The van der Waals surface area contributed by atoms with E-state index in [1.165, 1.54) is 6.92 Å². The van der Waals surface area contributed by atoms with E-state index in [0.717, 1.165) is 19.0 Å². The first kappa shape index (κ1) is 12.8. The number of aromatic amines is 1. The van der Waals surface area contributed by atoms with Crippen molar-refractivity contribution in [3.63, 3.8) is 0 Å². The lowest BCUT2D eigenvalue weighted by Crippen LogP contribution is -2.45. The third kappa shape index (κ3) is 2.79. The second kappa shape index (κ2) is 4.58. The average Bonchev–Trinajstić information content (AvgIpc) is 2.97. The van der Waals surface area contributed by atoms with Gasteiger partial charge in [-0.05, 0) is 19.8 Å². The number of aromatic nitrogens is 2. The van der Waals surface area contributed by atoms with Gasteiger partial charge in [-0.1, -0.05) is 0 Å². The van der Waals surface area contributed by atoms with E-state index in [2.05, 4.69) is 20.2 Å². The first-order valence-electron chi connectivity index (χ1n) is 5.51. The maximum Gasteiger partial charge on any atom is 0.246 e. The smallest absolute Gasteiger partial charge is 0.246 e. The van der Waals surface area contributed by atoms with Gasteiger partial charge < -0.3 is 11.1 Å². The van der Waals surface area contributed by atoms with Gasteiger partial charge in [0.2, 0.25) is 15.9 Å². The first-order valence-corrected chi connectivity index (χ1v) is 7.00. The topological polar surface area (TPSA) is 130 Å². The Balaban J connectivity index is 2.03. The fourth-order valence-corrected chi connectivity index (χ4v) is 2.63. The highest BCUT2D eigenvalue weighted by molar-refractivity contribution is 7.89.